The zero-order valence-electron chi connectivity index (χ0n) is 12.6. The van der Waals surface area contributed by atoms with Crippen LogP contribution in [0.2, 0.25) is 10.0 Å². The van der Waals surface area contributed by atoms with Crippen LogP contribution in [0.1, 0.15) is 15.9 Å². The molecule has 3 rings (SSSR count). The Kier molecular flexibility index (Phi) is 4.46. The number of phenols is 1. The summed E-state index contributed by atoms with van der Waals surface area (Å²) in [4.78, 5) is 12.3. The third kappa shape index (κ3) is 3.09. The summed E-state index contributed by atoms with van der Waals surface area (Å²) in [5.41, 5.74) is 4.21. The number of hydrazone groups is 1. The number of carbonyl (C=O) groups excluding carboxylic acids is 1. The van der Waals surface area contributed by atoms with Gasteiger partial charge in [0.15, 0.2) is 0 Å². The Hall–Kier alpha value is -2.50. The van der Waals surface area contributed by atoms with Crippen molar-refractivity contribution in [1.82, 2.24) is 9.99 Å². The summed E-state index contributed by atoms with van der Waals surface area (Å²) in [5, 5.41) is 15.0. The van der Waals surface area contributed by atoms with Crippen LogP contribution in [0.25, 0.3) is 10.9 Å². The molecule has 24 heavy (non-hydrogen) atoms. The van der Waals surface area contributed by atoms with Crippen LogP contribution in [0.3, 0.4) is 0 Å². The van der Waals surface area contributed by atoms with Gasteiger partial charge in [0.25, 0.3) is 5.91 Å². The Labute approximate surface area is 148 Å². The predicted octanol–water partition coefficient (Wildman–Crippen LogP) is 3.95. The standard InChI is InChI=1S/C17H13Cl2N3O2/c1-22-9-13(12-4-2-3-5-15(12)22)17(24)21-20-8-10-6-11(18)7-14(19)16(10)23/h2-9,23H,1H3,(H,21,24)/b20-8+. The fourth-order valence-corrected chi connectivity index (χ4v) is 2.94. The molecule has 3 aromatic rings. The van der Waals surface area contributed by atoms with Crippen molar-refractivity contribution in [2.45, 2.75) is 0 Å². The van der Waals surface area contributed by atoms with E-state index < -0.39 is 0 Å². The fourth-order valence-electron chi connectivity index (χ4n) is 2.43. The van der Waals surface area contributed by atoms with Gasteiger partial charge in [0.1, 0.15) is 5.75 Å². The second kappa shape index (κ2) is 6.55. The Morgan fingerprint density at radius 3 is 2.83 bits per heavy atom. The number of aromatic hydroxyl groups is 1. The molecule has 1 heterocycles. The summed E-state index contributed by atoms with van der Waals surface area (Å²) in [6.45, 7) is 0. The average molecular weight is 362 g/mol. The Morgan fingerprint density at radius 2 is 2.04 bits per heavy atom. The van der Waals surface area contributed by atoms with E-state index >= 15 is 0 Å². The van der Waals surface area contributed by atoms with Crippen molar-refractivity contribution in [2.24, 2.45) is 12.1 Å². The number of benzene rings is 2. The first kappa shape index (κ1) is 16.4. The zero-order valence-corrected chi connectivity index (χ0v) is 14.1. The van der Waals surface area contributed by atoms with Gasteiger partial charge >= 0.3 is 0 Å². The summed E-state index contributed by atoms with van der Waals surface area (Å²) >= 11 is 11.7. The van der Waals surface area contributed by atoms with E-state index in [1.165, 1.54) is 18.3 Å². The van der Waals surface area contributed by atoms with E-state index in [9.17, 15) is 9.90 Å². The molecule has 0 saturated carbocycles. The molecule has 2 N–H and O–H groups in total. The van der Waals surface area contributed by atoms with Crippen molar-refractivity contribution in [1.29, 1.82) is 0 Å². The maximum atomic E-state index is 12.3. The molecule has 7 heteroatoms. The second-order valence-corrected chi connectivity index (χ2v) is 6.04. The smallest absolute Gasteiger partial charge is 0.273 e. The summed E-state index contributed by atoms with van der Waals surface area (Å²) in [6.07, 6.45) is 3.03. The molecule has 0 aliphatic rings. The Balaban J connectivity index is 1.83. The third-order valence-electron chi connectivity index (χ3n) is 3.57. The highest BCUT2D eigenvalue weighted by molar-refractivity contribution is 6.36. The maximum Gasteiger partial charge on any atom is 0.273 e. The van der Waals surface area contributed by atoms with Gasteiger partial charge < -0.3 is 9.67 Å². The van der Waals surface area contributed by atoms with Crippen molar-refractivity contribution in [3.63, 3.8) is 0 Å². The van der Waals surface area contributed by atoms with Gasteiger partial charge in [-0.15, -0.1) is 0 Å². The minimum atomic E-state index is -0.351. The van der Waals surface area contributed by atoms with Crippen molar-refractivity contribution in [3.8, 4) is 5.75 Å². The van der Waals surface area contributed by atoms with E-state index in [0.29, 0.717) is 16.1 Å². The lowest BCUT2D eigenvalue weighted by Gasteiger charge is -2.02. The molecule has 1 aromatic heterocycles. The molecule has 0 spiro atoms. The molecule has 0 saturated heterocycles. The molecule has 122 valence electrons. The number of para-hydroxylation sites is 1. The molecule has 0 bridgehead atoms. The maximum absolute atomic E-state index is 12.3. The number of aromatic nitrogens is 1. The van der Waals surface area contributed by atoms with Crippen molar-refractivity contribution < 1.29 is 9.90 Å². The van der Waals surface area contributed by atoms with Crippen LogP contribution in [0.4, 0.5) is 0 Å². The highest BCUT2D eigenvalue weighted by atomic mass is 35.5. The predicted molar refractivity (Wildman–Crippen MR) is 96.1 cm³/mol. The van der Waals surface area contributed by atoms with Gasteiger partial charge in [-0.1, -0.05) is 41.4 Å². The molecule has 5 nitrogen and oxygen atoms in total. The quantitative estimate of drug-likeness (QED) is 0.547. The lowest BCUT2D eigenvalue weighted by molar-refractivity contribution is 0.0956. The monoisotopic (exact) mass is 361 g/mol. The molecule has 0 unspecified atom stereocenters. The first-order valence-electron chi connectivity index (χ1n) is 7.03. The molecule has 0 aliphatic heterocycles. The summed E-state index contributed by atoms with van der Waals surface area (Å²) < 4.78 is 1.87. The van der Waals surface area contributed by atoms with Crippen LogP contribution < -0.4 is 5.43 Å². The van der Waals surface area contributed by atoms with Gasteiger partial charge in [0.2, 0.25) is 0 Å². The van der Waals surface area contributed by atoms with Gasteiger partial charge in [0, 0.05) is 34.7 Å². The lowest BCUT2D eigenvalue weighted by Crippen LogP contribution is -2.17. The highest BCUT2D eigenvalue weighted by Crippen LogP contribution is 2.30. The molecule has 2 aromatic carbocycles. The minimum absolute atomic E-state index is 0.115. The normalized spacial score (nSPS) is 11.3. The summed E-state index contributed by atoms with van der Waals surface area (Å²) in [7, 11) is 1.87. The fraction of sp³-hybridized carbons (Fsp3) is 0.0588. The number of rotatable bonds is 3. The van der Waals surface area contributed by atoms with Crippen molar-refractivity contribution in [3.05, 3.63) is 63.8 Å². The Morgan fingerprint density at radius 1 is 1.29 bits per heavy atom. The van der Waals surface area contributed by atoms with Crippen LogP contribution in [0.15, 0.2) is 47.7 Å². The topological polar surface area (TPSA) is 66.6 Å². The van der Waals surface area contributed by atoms with Crippen LogP contribution in [0.5, 0.6) is 5.75 Å². The van der Waals surface area contributed by atoms with Gasteiger partial charge in [-0.25, -0.2) is 5.43 Å². The number of halogens is 2. The van der Waals surface area contributed by atoms with Crippen LogP contribution in [-0.2, 0) is 7.05 Å². The lowest BCUT2D eigenvalue weighted by atomic mass is 10.2. The van der Waals surface area contributed by atoms with E-state index in [-0.39, 0.29) is 16.7 Å². The van der Waals surface area contributed by atoms with E-state index in [4.69, 9.17) is 23.2 Å². The number of nitrogens with zero attached hydrogens (tertiary/aromatic N) is 2. The molecule has 0 aliphatic carbocycles. The molecular weight excluding hydrogens is 349 g/mol. The number of amides is 1. The van der Waals surface area contributed by atoms with E-state index in [1.807, 2.05) is 35.9 Å². The number of phenolic OH excluding ortho intramolecular Hbond substituents is 1. The van der Waals surface area contributed by atoms with Crippen molar-refractivity contribution >= 4 is 46.2 Å². The molecule has 0 radical (unpaired) electrons. The number of fused-ring (bicyclic) bond motifs is 1. The summed E-state index contributed by atoms with van der Waals surface area (Å²) in [5.74, 6) is -0.500. The average Bonchev–Trinajstić information content (AvgIpc) is 2.89. The molecular formula is C17H13Cl2N3O2. The van der Waals surface area contributed by atoms with Crippen LogP contribution in [0, 0.1) is 0 Å². The third-order valence-corrected chi connectivity index (χ3v) is 4.08. The molecule has 0 atom stereocenters. The summed E-state index contributed by atoms with van der Waals surface area (Å²) in [6, 6.07) is 10.5. The van der Waals surface area contributed by atoms with Crippen LogP contribution >= 0.6 is 23.2 Å². The van der Waals surface area contributed by atoms with E-state index in [2.05, 4.69) is 10.5 Å². The number of nitrogens with one attached hydrogen (secondary N) is 1. The largest absolute Gasteiger partial charge is 0.506 e. The molecule has 1 amide bonds. The first-order chi connectivity index (χ1) is 11.5. The SMILES string of the molecule is Cn1cc(C(=O)N/N=C/c2cc(Cl)cc(Cl)c2O)c2ccccc21. The van der Waals surface area contributed by atoms with E-state index in [1.54, 1.807) is 6.20 Å². The highest BCUT2D eigenvalue weighted by Gasteiger charge is 2.13. The number of hydrogen-bond acceptors (Lipinski definition) is 3. The van der Waals surface area contributed by atoms with Gasteiger partial charge in [0.05, 0.1) is 16.8 Å². The van der Waals surface area contributed by atoms with Gasteiger partial charge in [-0.05, 0) is 18.2 Å². The van der Waals surface area contributed by atoms with Crippen LogP contribution in [-0.4, -0.2) is 21.8 Å². The van der Waals surface area contributed by atoms with Gasteiger partial charge in [-0.3, -0.25) is 4.79 Å². The number of carbonyl (C=O) groups is 1. The van der Waals surface area contributed by atoms with E-state index in [0.717, 1.165) is 10.9 Å². The molecule has 0 fully saturated rings. The Bertz CT molecular complexity index is 964. The van der Waals surface area contributed by atoms with Crippen molar-refractivity contribution in [2.75, 3.05) is 0 Å². The zero-order chi connectivity index (χ0) is 17.3. The minimum Gasteiger partial charge on any atom is -0.506 e. The first-order valence-corrected chi connectivity index (χ1v) is 7.78. The van der Waals surface area contributed by atoms with Gasteiger partial charge in [-0.2, -0.15) is 5.10 Å². The number of aryl methyl sites for hydroxylation is 1. The number of hydrogen-bond donors (Lipinski definition) is 2. The second-order valence-electron chi connectivity index (χ2n) is 5.20.